The third-order valence-electron chi connectivity index (χ3n) is 5.35. The molecule has 2 heterocycles. The predicted molar refractivity (Wildman–Crippen MR) is 113 cm³/mol. The zero-order chi connectivity index (χ0) is 21.3. The van der Waals surface area contributed by atoms with Crippen LogP contribution in [0.25, 0.3) is 0 Å². The van der Waals surface area contributed by atoms with E-state index in [-0.39, 0.29) is 22.9 Å². The molecule has 9 heteroatoms. The molecule has 0 saturated heterocycles. The van der Waals surface area contributed by atoms with E-state index in [1.807, 2.05) is 25.1 Å². The van der Waals surface area contributed by atoms with Gasteiger partial charge in [0.2, 0.25) is 16.7 Å². The average Bonchev–Trinajstić information content (AvgIpc) is 3.14. The summed E-state index contributed by atoms with van der Waals surface area (Å²) in [5.74, 6) is -0.850. The molecule has 0 aliphatic carbocycles. The summed E-state index contributed by atoms with van der Waals surface area (Å²) < 4.78 is 0. The van der Waals surface area contributed by atoms with Gasteiger partial charge in [0.25, 0.3) is 5.91 Å². The zero-order valence-corrected chi connectivity index (χ0v) is 18.4. The first-order chi connectivity index (χ1) is 13.7. The highest BCUT2D eigenvalue weighted by Gasteiger charge is 2.61. The van der Waals surface area contributed by atoms with Crippen molar-refractivity contribution >= 4 is 40.3 Å². The highest BCUT2D eigenvalue weighted by Crippen LogP contribution is 2.54. The van der Waals surface area contributed by atoms with Crippen molar-refractivity contribution in [1.29, 1.82) is 0 Å². The van der Waals surface area contributed by atoms with Gasteiger partial charge in [0.1, 0.15) is 0 Å². The van der Waals surface area contributed by atoms with Gasteiger partial charge >= 0.3 is 0 Å². The minimum absolute atomic E-state index is 0.200. The first-order valence-electron chi connectivity index (χ1n) is 9.87. The maximum atomic E-state index is 13.7. The highest BCUT2D eigenvalue weighted by molar-refractivity contribution is 8.15. The number of hydrogen-bond donors (Lipinski definition) is 2. The molecule has 0 unspecified atom stereocenters. The van der Waals surface area contributed by atoms with Crippen LogP contribution >= 0.6 is 11.8 Å². The molecule has 8 nitrogen and oxygen atoms in total. The number of anilines is 1. The highest BCUT2D eigenvalue weighted by atomic mass is 32.2. The van der Waals surface area contributed by atoms with Crippen LogP contribution in [0.2, 0.25) is 0 Å². The van der Waals surface area contributed by atoms with Crippen molar-refractivity contribution in [2.75, 3.05) is 31.1 Å². The number of nitrogens with zero attached hydrogens (tertiary/aromatic N) is 3. The van der Waals surface area contributed by atoms with E-state index in [1.165, 1.54) is 23.8 Å². The molecule has 0 saturated carbocycles. The molecule has 2 N–H and O–H groups in total. The topological polar surface area (TPSA) is 86.5 Å². The molecule has 1 aromatic rings. The van der Waals surface area contributed by atoms with Gasteiger partial charge in [0.05, 0.1) is 31.9 Å². The quantitative estimate of drug-likeness (QED) is 0.726. The number of carbonyl (C=O) groups excluding carboxylic acids is 3. The van der Waals surface area contributed by atoms with Crippen LogP contribution in [-0.4, -0.2) is 54.1 Å². The van der Waals surface area contributed by atoms with E-state index < -0.39 is 4.87 Å². The summed E-state index contributed by atoms with van der Waals surface area (Å²) in [5.41, 5.74) is 2.52. The summed E-state index contributed by atoms with van der Waals surface area (Å²) >= 11 is 1.12. The number of quaternary nitrogens is 1. The molecule has 2 aliphatic rings. The van der Waals surface area contributed by atoms with E-state index in [4.69, 9.17) is 0 Å². The Hall–Kier alpha value is -2.39. The largest absolute Gasteiger partial charge is 0.334 e. The lowest BCUT2D eigenvalue weighted by Crippen LogP contribution is -3.12. The van der Waals surface area contributed by atoms with Crippen LogP contribution in [0.15, 0.2) is 23.3 Å². The van der Waals surface area contributed by atoms with Crippen molar-refractivity contribution in [1.82, 2.24) is 10.3 Å². The van der Waals surface area contributed by atoms with Gasteiger partial charge in [-0.3, -0.25) is 14.4 Å². The van der Waals surface area contributed by atoms with Crippen molar-refractivity contribution in [3.63, 3.8) is 0 Å². The maximum absolute atomic E-state index is 13.7. The molecule has 3 rings (SSSR count). The number of thioether (sulfide) groups is 1. The van der Waals surface area contributed by atoms with Crippen LogP contribution in [0.4, 0.5) is 5.69 Å². The van der Waals surface area contributed by atoms with E-state index in [0.717, 1.165) is 48.2 Å². The lowest BCUT2D eigenvalue weighted by atomic mass is 10.0. The number of benzene rings is 1. The number of rotatable bonds is 5. The fraction of sp³-hybridized carbons (Fsp3) is 0.500. The number of nitrogens with one attached hydrogen (secondary N) is 2. The first kappa shape index (κ1) is 21.3. The van der Waals surface area contributed by atoms with Gasteiger partial charge in [-0.2, -0.15) is 5.01 Å². The van der Waals surface area contributed by atoms with Crippen molar-refractivity contribution in [3.8, 4) is 0 Å². The summed E-state index contributed by atoms with van der Waals surface area (Å²) in [6.45, 7) is 12.3. The number of hydrazone groups is 1. The number of hydrogen-bond acceptors (Lipinski definition) is 5. The number of amides is 3. The Morgan fingerprint density at radius 1 is 1.24 bits per heavy atom. The normalized spacial score (nSPS) is 20.5. The molecule has 1 spiro atoms. The van der Waals surface area contributed by atoms with Crippen molar-refractivity contribution < 1.29 is 19.3 Å². The van der Waals surface area contributed by atoms with Crippen LogP contribution in [0.1, 0.15) is 38.8 Å². The molecule has 0 bridgehead atoms. The molecule has 156 valence electrons. The summed E-state index contributed by atoms with van der Waals surface area (Å²) in [6.07, 6.45) is 0. The Labute approximate surface area is 175 Å². The molecule has 2 aliphatic heterocycles. The second-order valence-corrected chi connectivity index (χ2v) is 8.53. The van der Waals surface area contributed by atoms with Gasteiger partial charge in [-0.25, -0.2) is 0 Å². The van der Waals surface area contributed by atoms with Crippen molar-refractivity contribution in [2.24, 2.45) is 5.10 Å². The number of fused-ring (bicyclic) bond motifs is 2. The Morgan fingerprint density at radius 2 is 1.93 bits per heavy atom. The molecule has 1 aromatic carbocycles. The third kappa shape index (κ3) is 3.64. The number of likely N-dealkylation sites (N-methyl/N-ethyl adjacent to an activating group) is 1. The smallest absolute Gasteiger partial charge is 0.271 e. The van der Waals surface area contributed by atoms with Crippen LogP contribution in [-0.2, 0) is 19.3 Å². The minimum atomic E-state index is -1.32. The zero-order valence-electron chi connectivity index (χ0n) is 17.5. The second-order valence-electron chi connectivity index (χ2n) is 7.35. The van der Waals surface area contributed by atoms with Gasteiger partial charge in [0.15, 0.2) is 5.17 Å². The summed E-state index contributed by atoms with van der Waals surface area (Å²) in [4.78, 5) is 39.6. The Kier molecular flexibility index (Phi) is 6.00. The third-order valence-corrected chi connectivity index (χ3v) is 6.59. The molecule has 1 atom stereocenters. The number of amidine groups is 1. The van der Waals surface area contributed by atoms with Gasteiger partial charge in [0, 0.05) is 19.4 Å². The fourth-order valence-electron chi connectivity index (χ4n) is 3.82. The van der Waals surface area contributed by atoms with Crippen molar-refractivity contribution in [2.45, 2.75) is 39.5 Å². The van der Waals surface area contributed by atoms with E-state index >= 15 is 0 Å². The average molecular weight is 419 g/mol. The predicted octanol–water partition coefficient (Wildman–Crippen LogP) is 0.422. The standard InChI is InChI=1S/C20H27N5O3S/c1-6-23(7-2)10-11-24-17-9-8-13(3)12-16(17)20(18(24)28)25(15(5)27)22-19(29-20)21-14(4)26/h8-9,12H,6-7,10-11H2,1-5H3,(H,21,22,26)/p+1/t20-/m1/s1. The Morgan fingerprint density at radius 3 is 2.52 bits per heavy atom. The van der Waals surface area contributed by atoms with E-state index in [2.05, 4.69) is 24.3 Å². The van der Waals surface area contributed by atoms with Crippen LogP contribution in [0.3, 0.4) is 0 Å². The summed E-state index contributed by atoms with van der Waals surface area (Å²) in [5, 5.41) is 8.39. The van der Waals surface area contributed by atoms with E-state index in [9.17, 15) is 14.4 Å². The fourth-order valence-corrected chi connectivity index (χ4v) is 5.14. The lowest BCUT2D eigenvalue weighted by molar-refractivity contribution is -0.894. The van der Waals surface area contributed by atoms with E-state index in [1.54, 1.807) is 4.90 Å². The van der Waals surface area contributed by atoms with E-state index in [0.29, 0.717) is 6.54 Å². The summed E-state index contributed by atoms with van der Waals surface area (Å²) in [6, 6.07) is 5.84. The van der Waals surface area contributed by atoms with Gasteiger partial charge in [-0.15, -0.1) is 5.10 Å². The number of carbonyl (C=O) groups is 3. The van der Waals surface area contributed by atoms with Crippen LogP contribution in [0.5, 0.6) is 0 Å². The van der Waals surface area contributed by atoms with Crippen LogP contribution < -0.4 is 15.1 Å². The number of aryl methyl sites for hydroxylation is 1. The van der Waals surface area contributed by atoms with Gasteiger partial charge in [-0.05, 0) is 38.6 Å². The van der Waals surface area contributed by atoms with Gasteiger partial charge < -0.3 is 15.1 Å². The Balaban J connectivity index is 2.05. The SMILES string of the molecule is CC[NH+](CC)CCN1C(=O)[C@]2(SC(NC(C)=O)=NN2C(C)=O)c2cc(C)ccc21. The molecule has 29 heavy (non-hydrogen) atoms. The maximum Gasteiger partial charge on any atom is 0.271 e. The summed E-state index contributed by atoms with van der Waals surface area (Å²) in [7, 11) is 0. The second kappa shape index (κ2) is 8.16. The lowest BCUT2D eigenvalue weighted by Gasteiger charge is -2.29. The molecule has 3 amide bonds. The van der Waals surface area contributed by atoms with Gasteiger partial charge in [-0.1, -0.05) is 17.7 Å². The minimum Gasteiger partial charge on any atom is -0.334 e. The molecule has 0 aromatic heterocycles. The van der Waals surface area contributed by atoms with Crippen LogP contribution in [0, 0.1) is 6.92 Å². The van der Waals surface area contributed by atoms with Crippen molar-refractivity contribution in [3.05, 3.63) is 29.3 Å². The first-order valence-corrected chi connectivity index (χ1v) is 10.7. The molecular formula is C20H28N5O3S+. The molecular weight excluding hydrogens is 390 g/mol. The molecule has 0 radical (unpaired) electrons. The molecule has 0 fully saturated rings. The Bertz CT molecular complexity index is 883. The monoisotopic (exact) mass is 418 g/mol.